The van der Waals surface area contributed by atoms with Crippen LogP contribution >= 0.6 is 0 Å². The molecule has 0 saturated carbocycles. The Hall–Kier alpha value is -1.31. The number of rotatable bonds is 2. The third-order valence-electron chi connectivity index (χ3n) is 4.56. The molecule has 2 heterocycles. The minimum atomic E-state index is 0.278. The molecule has 0 N–H and O–H groups in total. The van der Waals surface area contributed by atoms with Crippen LogP contribution in [0.2, 0.25) is 0 Å². The SMILES string of the molecule is CC(=O)N1C2CCC1CC(Cc1ccccc1)C2. The van der Waals surface area contributed by atoms with Crippen molar-refractivity contribution in [1.29, 1.82) is 0 Å². The Labute approximate surface area is 109 Å². The molecule has 1 aromatic carbocycles. The van der Waals surface area contributed by atoms with Crippen LogP contribution in [0.5, 0.6) is 0 Å². The lowest BCUT2D eigenvalue weighted by Gasteiger charge is -2.38. The fourth-order valence-electron chi connectivity index (χ4n) is 3.92. The summed E-state index contributed by atoms with van der Waals surface area (Å²) in [7, 11) is 0. The summed E-state index contributed by atoms with van der Waals surface area (Å²) in [5.41, 5.74) is 1.44. The lowest BCUT2D eigenvalue weighted by atomic mass is 9.86. The molecular weight excluding hydrogens is 222 g/mol. The number of carbonyl (C=O) groups is 1. The monoisotopic (exact) mass is 243 g/mol. The zero-order valence-corrected chi connectivity index (χ0v) is 11.0. The van der Waals surface area contributed by atoms with Crippen LogP contribution in [-0.2, 0) is 11.2 Å². The van der Waals surface area contributed by atoms with Crippen LogP contribution < -0.4 is 0 Å². The van der Waals surface area contributed by atoms with Gasteiger partial charge in [0, 0.05) is 19.0 Å². The van der Waals surface area contributed by atoms with E-state index < -0.39 is 0 Å². The Morgan fingerprint density at radius 1 is 1.17 bits per heavy atom. The molecule has 2 aliphatic heterocycles. The van der Waals surface area contributed by atoms with E-state index in [2.05, 4.69) is 35.2 Å². The van der Waals surface area contributed by atoms with E-state index >= 15 is 0 Å². The fraction of sp³-hybridized carbons (Fsp3) is 0.562. The molecule has 96 valence electrons. The number of fused-ring (bicyclic) bond motifs is 2. The normalized spacial score (nSPS) is 30.5. The highest BCUT2D eigenvalue weighted by atomic mass is 16.2. The predicted octanol–water partition coefficient (Wildman–Crippen LogP) is 3.02. The predicted molar refractivity (Wildman–Crippen MR) is 72.2 cm³/mol. The first-order chi connectivity index (χ1) is 8.74. The van der Waals surface area contributed by atoms with Gasteiger partial charge in [-0.3, -0.25) is 4.79 Å². The molecule has 2 heteroatoms. The van der Waals surface area contributed by atoms with Gasteiger partial charge in [0.05, 0.1) is 0 Å². The average molecular weight is 243 g/mol. The van der Waals surface area contributed by atoms with Crippen molar-refractivity contribution in [2.45, 2.75) is 51.1 Å². The lowest BCUT2D eigenvalue weighted by Crippen LogP contribution is -2.45. The van der Waals surface area contributed by atoms with Gasteiger partial charge in [-0.2, -0.15) is 0 Å². The number of amides is 1. The van der Waals surface area contributed by atoms with Crippen LogP contribution in [0, 0.1) is 5.92 Å². The van der Waals surface area contributed by atoms with Crippen LogP contribution in [0.3, 0.4) is 0 Å². The first kappa shape index (κ1) is 11.8. The number of hydrogen-bond donors (Lipinski definition) is 0. The van der Waals surface area contributed by atoms with E-state index in [0.717, 1.165) is 5.92 Å². The van der Waals surface area contributed by atoms with Gasteiger partial charge < -0.3 is 4.90 Å². The molecular formula is C16H21NO. The standard InChI is InChI=1S/C16H21NO/c1-12(18)17-15-7-8-16(17)11-14(10-15)9-13-5-3-2-4-6-13/h2-6,14-16H,7-11H2,1H3. The molecule has 0 aromatic heterocycles. The van der Waals surface area contributed by atoms with Crippen molar-refractivity contribution in [1.82, 2.24) is 4.90 Å². The quantitative estimate of drug-likeness (QED) is 0.782. The zero-order chi connectivity index (χ0) is 12.5. The van der Waals surface area contributed by atoms with E-state index in [-0.39, 0.29) is 5.91 Å². The van der Waals surface area contributed by atoms with Crippen molar-refractivity contribution >= 4 is 5.91 Å². The van der Waals surface area contributed by atoms with Gasteiger partial charge in [-0.05, 0) is 43.6 Å². The van der Waals surface area contributed by atoms with E-state index in [4.69, 9.17) is 0 Å². The molecule has 2 unspecified atom stereocenters. The van der Waals surface area contributed by atoms with Crippen LogP contribution in [0.15, 0.2) is 30.3 Å². The topological polar surface area (TPSA) is 20.3 Å². The smallest absolute Gasteiger partial charge is 0.219 e. The highest BCUT2D eigenvalue weighted by molar-refractivity contribution is 5.74. The zero-order valence-electron chi connectivity index (χ0n) is 11.0. The van der Waals surface area contributed by atoms with Crippen molar-refractivity contribution in [2.24, 2.45) is 5.92 Å². The summed E-state index contributed by atoms with van der Waals surface area (Å²) in [6, 6.07) is 11.8. The third-order valence-corrected chi connectivity index (χ3v) is 4.56. The van der Waals surface area contributed by atoms with Gasteiger partial charge >= 0.3 is 0 Å². The molecule has 18 heavy (non-hydrogen) atoms. The second-order valence-corrected chi connectivity index (χ2v) is 5.84. The van der Waals surface area contributed by atoms with Crippen molar-refractivity contribution in [3.63, 3.8) is 0 Å². The Morgan fingerprint density at radius 3 is 2.33 bits per heavy atom. The largest absolute Gasteiger partial charge is 0.337 e. The summed E-state index contributed by atoms with van der Waals surface area (Å²) in [4.78, 5) is 13.8. The molecule has 2 fully saturated rings. The van der Waals surface area contributed by atoms with Gasteiger partial charge in [-0.15, -0.1) is 0 Å². The van der Waals surface area contributed by atoms with E-state index in [1.165, 1.54) is 37.7 Å². The Balaban J connectivity index is 1.67. The molecule has 0 radical (unpaired) electrons. The van der Waals surface area contributed by atoms with E-state index in [0.29, 0.717) is 12.1 Å². The maximum atomic E-state index is 11.7. The van der Waals surface area contributed by atoms with Crippen molar-refractivity contribution in [3.05, 3.63) is 35.9 Å². The summed E-state index contributed by atoms with van der Waals surface area (Å²) in [6.45, 7) is 1.73. The minimum absolute atomic E-state index is 0.278. The van der Waals surface area contributed by atoms with E-state index in [1.54, 1.807) is 6.92 Å². The summed E-state index contributed by atoms with van der Waals surface area (Å²) in [5, 5.41) is 0. The average Bonchev–Trinajstić information content (AvgIpc) is 2.63. The van der Waals surface area contributed by atoms with Crippen molar-refractivity contribution in [3.8, 4) is 0 Å². The van der Waals surface area contributed by atoms with Crippen LogP contribution in [0.25, 0.3) is 0 Å². The number of hydrogen-bond acceptors (Lipinski definition) is 1. The lowest BCUT2D eigenvalue weighted by molar-refractivity contribution is -0.133. The van der Waals surface area contributed by atoms with Gasteiger partial charge in [0.1, 0.15) is 0 Å². The molecule has 2 bridgehead atoms. The van der Waals surface area contributed by atoms with Gasteiger partial charge in [0.2, 0.25) is 5.91 Å². The van der Waals surface area contributed by atoms with Crippen molar-refractivity contribution < 1.29 is 4.79 Å². The molecule has 3 rings (SSSR count). The molecule has 1 aromatic rings. The van der Waals surface area contributed by atoms with Gasteiger partial charge in [0.25, 0.3) is 0 Å². The summed E-state index contributed by atoms with van der Waals surface area (Å²) >= 11 is 0. The van der Waals surface area contributed by atoms with Gasteiger partial charge in [0.15, 0.2) is 0 Å². The first-order valence-electron chi connectivity index (χ1n) is 7.07. The van der Waals surface area contributed by atoms with E-state index in [1.807, 2.05) is 0 Å². The molecule has 2 nitrogen and oxygen atoms in total. The highest BCUT2D eigenvalue weighted by Gasteiger charge is 2.41. The van der Waals surface area contributed by atoms with Gasteiger partial charge in [-0.25, -0.2) is 0 Å². The molecule has 2 aliphatic rings. The number of piperidine rings is 1. The molecule has 1 amide bonds. The van der Waals surface area contributed by atoms with E-state index in [9.17, 15) is 4.79 Å². The van der Waals surface area contributed by atoms with Crippen molar-refractivity contribution in [2.75, 3.05) is 0 Å². The molecule has 2 saturated heterocycles. The number of benzene rings is 1. The number of nitrogens with zero attached hydrogens (tertiary/aromatic N) is 1. The maximum absolute atomic E-state index is 11.7. The van der Waals surface area contributed by atoms with Crippen LogP contribution in [0.1, 0.15) is 38.2 Å². The third kappa shape index (κ3) is 2.16. The fourth-order valence-corrected chi connectivity index (χ4v) is 3.92. The Morgan fingerprint density at radius 2 is 1.78 bits per heavy atom. The number of carbonyl (C=O) groups excluding carboxylic acids is 1. The Kier molecular flexibility index (Phi) is 3.11. The summed E-state index contributed by atoms with van der Waals surface area (Å²) < 4.78 is 0. The molecule has 0 spiro atoms. The summed E-state index contributed by atoms with van der Waals surface area (Å²) in [5.74, 6) is 1.04. The molecule has 2 atom stereocenters. The van der Waals surface area contributed by atoms with Gasteiger partial charge in [-0.1, -0.05) is 30.3 Å². The highest BCUT2D eigenvalue weighted by Crippen LogP contribution is 2.39. The summed E-state index contributed by atoms with van der Waals surface area (Å²) in [6.07, 6.45) is 6.01. The molecule has 0 aliphatic carbocycles. The maximum Gasteiger partial charge on any atom is 0.219 e. The van der Waals surface area contributed by atoms with Crippen LogP contribution in [0.4, 0.5) is 0 Å². The second-order valence-electron chi connectivity index (χ2n) is 5.84. The van der Waals surface area contributed by atoms with Crippen LogP contribution in [-0.4, -0.2) is 22.9 Å². The Bertz CT molecular complexity index is 414. The minimum Gasteiger partial charge on any atom is -0.337 e. The second kappa shape index (κ2) is 4.75. The first-order valence-corrected chi connectivity index (χ1v) is 7.07.